The van der Waals surface area contributed by atoms with Gasteiger partial charge >= 0.3 is 5.69 Å². The summed E-state index contributed by atoms with van der Waals surface area (Å²) in [6.07, 6.45) is 5.76. The van der Waals surface area contributed by atoms with E-state index in [0.717, 1.165) is 56.5 Å². The summed E-state index contributed by atoms with van der Waals surface area (Å²) in [5.74, 6) is 0.187. The molecule has 3 N–H and O–H groups in total. The minimum atomic E-state index is -0.156. The molecule has 0 spiro atoms. The Labute approximate surface area is 244 Å². The molecular weight excluding hydrogens is 516 g/mol. The molecule has 1 aliphatic carbocycles. The van der Waals surface area contributed by atoms with Crippen LogP contribution in [0, 0.1) is 5.92 Å². The van der Waals surface area contributed by atoms with Gasteiger partial charge in [-0.3, -0.25) is 18.7 Å². The van der Waals surface area contributed by atoms with Crippen LogP contribution in [0.4, 0.5) is 0 Å². The molecule has 1 saturated carbocycles. The standard InChI is InChI=1S/C32H48N6O3/c1-5-24(4)35-26-14-9-10-15-27(26)38-29(25-12-7-6-8-13-25)30(31(40)36-20-17-33-18-21-36)37(32(38)41)19-11-16-34-28(39)22-23(2)3/h6-8,12-13,23,26-27,33,35H,4-5,9-11,14-22H2,1-3H3,(H,34,39)/t26-,27?/m0/s1. The number of aromatic nitrogens is 2. The van der Waals surface area contributed by atoms with Gasteiger partial charge in [0, 0.05) is 63.0 Å². The van der Waals surface area contributed by atoms with E-state index in [2.05, 4.69) is 29.5 Å². The molecule has 9 nitrogen and oxygen atoms in total. The summed E-state index contributed by atoms with van der Waals surface area (Å²) in [5, 5.41) is 9.91. The number of imidazole rings is 1. The maximum atomic E-state index is 14.5. The summed E-state index contributed by atoms with van der Waals surface area (Å²) < 4.78 is 3.59. The van der Waals surface area contributed by atoms with E-state index in [-0.39, 0.29) is 35.5 Å². The van der Waals surface area contributed by atoms with Crippen LogP contribution in [0.3, 0.4) is 0 Å². The minimum absolute atomic E-state index is 0.0132. The van der Waals surface area contributed by atoms with Crippen molar-refractivity contribution in [1.29, 1.82) is 0 Å². The van der Waals surface area contributed by atoms with E-state index in [4.69, 9.17) is 0 Å². The number of hydrogen-bond donors (Lipinski definition) is 3. The van der Waals surface area contributed by atoms with Crippen LogP contribution in [-0.2, 0) is 11.3 Å². The second-order valence-electron chi connectivity index (χ2n) is 11.8. The van der Waals surface area contributed by atoms with Crippen molar-refractivity contribution < 1.29 is 9.59 Å². The van der Waals surface area contributed by atoms with Crippen LogP contribution in [0.15, 0.2) is 47.4 Å². The molecule has 224 valence electrons. The molecule has 1 unspecified atom stereocenters. The SMILES string of the molecule is C=C(CC)N[C@H]1CCCCC1n1c(-c2ccccc2)c(C(=O)N2CCNCC2)n(CCCNC(=O)CC(C)C)c1=O. The number of nitrogens with zero attached hydrogens (tertiary/aromatic N) is 3. The van der Waals surface area contributed by atoms with E-state index in [0.29, 0.717) is 50.4 Å². The van der Waals surface area contributed by atoms with E-state index in [1.165, 1.54) is 0 Å². The topological polar surface area (TPSA) is 100 Å². The highest BCUT2D eigenvalue weighted by molar-refractivity contribution is 5.99. The maximum absolute atomic E-state index is 14.5. The predicted octanol–water partition coefficient (Wildman–Crippen LogP) is 3.91. The van der Waals surface area contributed by atoms with Gasteiger partial charge in [0.05, 0.1) is 11.7 Å². The highest BCUT2D eigenvalue weighted by Gasteiger charge is 2.36. The Morgan fingerprint density at radius 3 is 2.49 bits per heavy atom. The van der Waals surface area contributed by atoms with Crippen LogP contribution in [0.2, 0.25) is 0 Å². The largest absolute Gasteiger partial charge is 0.384 e. The number of allylic oxidation sites excluding steroid dienone is 1. The van der Waals surface area contributed by atoms with Gasteiger partial charge in [-0.25, -0.2) is 4.79 Å². The highest BCUT2D eigenvalue weighted by atomic mass is 16.2. The average molecular weight is 565 g/mol. The molecule has 2 aromatic rings. The van der Waals surface area contributed by atoms with Crippen LogP contribution in [0.25, 0.3) is 11.3 Å². The van der Waals surface area contributed by atoms with Gasteiger partial charge in [0.2, 0.25) is 5.91 Å². The first-order valence-electron chi connectivity index (χ1n) is 15.4. The number of carbonyl (C=O) groups excluding carboxylic acids is 2. The van der Waals surface area contributed by atoms with Gasteiger partial charge in [-0.05, 0) is 31.6 Å². The van der Waals surface area contributed by atoms with Crippen molar-refractivity contribution in [2.24, 2.45) is 5.92 Å². The van der Waals surface area contributed by atoms with E-state index >= 15 is 0 Å². The van der Waals surface area contributed by atoms with Crippen molar-refractivity contribution in [1.82, 2.24) is 30.0 Å². The molecular formula is C32H48N6O3. The quantitative estimate of drug-likeness (QED) is 0.340. The predicted molar refractivity (Wildman–Crippen MR) is 164 cm³/mol. The Balaban J connectivity index is 1.79. The van der Waals surface area contributed by atoms with Crippen molar-refractivity contribution in [2.75, 3.05) is 32.7 Å². The Kier molecular flexibility index (Phi) is 10.9. The smallest absolute Gasteiger partial charge is 0.329 e. The van der Waals surface area contributed by atoms with Crippen molar-refractivity contribution in [3.63, 3.8) is 0 Å². The van der Waals surface area contributed by atoms with Gasteiger partial charge in [-0.15, -0.1) is 0 Å². The first-order chi connectivity index (χ1) is 19.8. The lowest BCUT2D eigenvalue weighted by Gasteiger charge is -2.35. The number of rotatable bonds is 12. The second kappa shape index (κ2) is 14.5. The fourth-order valence-corrected chi connectivity index (χ4v) is 6.05. The Hall–Kier alpha value is -3.33. The van der Waals surface area contributed by atoms with Gasteiger partial charge < -0.3 is 20.9 Å². The Morgan fingerprint density at radius 2 is 1.80 bits per heavy atom. The Bertz CT molecular complexity index is 1240. The first-order valence-corrected chi connectivity index (χ1v) is 15.4. The molecule has 2 atom stereocenters. The van der Waals surface area contributed by atoms with Gasteiger partial charge in [0.25, 0.3) is 5.91 Å². The Morgan fingerprint density at radius 1 is 1.10 bits per heavy atom. The van der Waals surface area contributed by atoms with Crippen molar-refractivity contribution in [3.8, 4) is 11.3 Å². The van der Waals surface area contributed by atoms with Gasteiger partial charge in [0.15, 0.2) is 0 Å². The summed E-state index contributed by atoms with van der Waals surface area (Å²) in [5.41, 5.74) is 2.83. The second-order valence-corrected chi connectivity index (χ2v) is 11.8. The molecule has 1 aliphatic heterocycles. The van der Waals surface area contributed by atoms with E-state index in [1.54, 1.807) is 4.57 Å². The molecule has 2 fully saturated rings. The van der Waals surface area contributed by atoms with E-state index in [1.807, 2.05) is 53.6 Å². The van der Waals surface area contributed by atoms with E-state index < -0.39 is 0 Å². The summed E-state index contributed by atoms with van der Waals surface area (Å²) in [7, 11) is 0. The van der Waals surface area contributed by atoms with Crippen LogP contribution in [-0.4, -0.2) is 64.6 Å². The van der Waals surface area contributed by atoms with Crippen LogP contribution in [0.1, 0.15) is 82.2 Å². The van der Waals surface area contributed by atoms with Gasteiger partial charge in [-0.2, -0.15) is 0 Å². The molecule has 2 heterocycles. The number of piperazine rings is 1. The number of carbonyl (C=O) groups is 2. The lowest BCUT2D eigenvalue weighted by atomic mass is 9.89. The fraction of sp³-hybridized carbons (Fsp3) is 0.594. The van der Waals surface area contributed by atoms with Gasteiger partial charge in [-0.1, -0.05) is 70.5 Å². The maximum Gasteiger partial charge on any atom is 0.329 e. The first kappa shape index (κ1) is 30.6. The molecule has 1 aromatic carbocycles. The van der Waals surface area contributed by atoms with Crippen molar-refractivity contribution in [3.05, 3.63) is 58.8 Å². The molecule has 1 saturated heterocycles. The minimum Gasteiger partial charge on any atom is -0.384 e. The third-order valence-corrected chi connectivity index (χ3v) is 8.18. The average Bonchev–Trinajstić information content (AvgIpc) is 3.27. The summed E-state index contributed by atoms with van der Waals surface area (Å²) >= 11 is 0. The third-order valence-electron chi connectivity index (χ3n) is 8.18. The molecule has 2 aliphatic rings. The molecule has 1 aromatic heterocycles. The van der Waals surface area contributed by atoms with Gasteiger partial charge in [0.1, 0.15) is 5.69 Å². The number of hydrogen-bond acceptors (Lipinski definition) is 5. The fourth-order valence-electron chi connectivity index (χ4n) is 6.05. The lowest BCUT2D eigenvalue weighted by Crippen LogP contribution is -2.47. The third kappa shape index (κ3) is 7.50. The number of benzene rings is 1. The zero-order valence-corrected chi connectivity index (χ0v) is 25.1. The molecule has 2 amide bonds. The summed E-state index contributed by atoms with van der Waals surface area (Å²) in [4.78, 5) is 42.8. The van der Waals surface area contributed by atoms with Crippen LogP contribution < -0.4 is 21.6 Å². The zero-order chi connectivity index (χ0) is 29.4. The van der Waals surface area contributed by atoms with E-state index in [9.17, 15) is 14.4 Å². The molecule has 0 bridgehead atoms. The number of amides is 2. The highest BCUT2D eigenvalue weighted by Crippen LogP contribution is 2.35. The zero-order valence-electron chi connectivity index (χ0n) is 25.1. The van der Waals surface area contributed by atoms with Crippen LogP contribution >= 0.6 is 0 Å². The molecule has 41 heavy (non-hydrogen) atoms. The monoisotopic (exact) mass is 564 g/mol. The summed E-state index contributed by atoms with van der Waals surface area (Å²) in [6.45, 7) is 13.8. The normalized spacial score (nSPS) is 19.3. The lowest BCUT2D eigenvalue weighted by molar-refractivity contribution is -0.121. The van der Waals surface area contributed by atoms with Crippen molar-refractivity contribution >= 4 is 11.8 Å². The molecule has 4 rings (SSSR count). The number of nitrogens with one attached hydrogen (secondary N) is 3. The summed E-state index contributed by atoms with van der Waals surface area (Å²) in [6, 6.07) is 9.82. The molecule has 0 radical (unpaired) electrons. The molecule has 9 heteroatoms. The van der Waals surface area contributed by atoms with Crippen molar-refractivity contribution in [2.45, 2.75) is 84.3 Å². The van der Waals surface area contributed by atoms with Crippen LogP contribution in [0.5, 0.6) is 0 Å².